The fourth-order valence-corrected chi connectivity index (χ4v) is 1.63. The Morgan fingerprint density at radius 1 is 1.31 bits per heavy atom. The van der Waals surface area contributed by atoms with Crippen molar-refractivity contribution in [2.75, 3.05) is 26.2 Å². The van der Waals surface area contributed by atoms with Gasteiger partial charge in [0.25, 0.3) is 0 Å². The second-order valence-corrected chi connectivity index (χ2v) is 3.91. The third-order valence-corrected chi connectivity index (χ3v) is 2.66. The molecule has 1 aromatic heterocycles. The lowest BCUT2D eigenvalue weighted by atomic mass is 10.4. The maximum Gasteiger partial charge on any atom is 0.214 e. The van der Waals surface area contributed by atoms with Crippen LogP contribution in [0.2, 0.25) is 5.15 Å². The summed E-state index contributed by atoms with van der Waals surface area (Å²) in [6, 6.07) is 5.41. The molecule has 0 aliphatic rings. The van der Waals surface area contributed by atoms with Crippen LogP contribution < -0.4 is 4.74 Å². The second-order valence-electron chi connectivity index (χ2n) is 3.53. The largest absolute Gasteiger partial charge is 0.478 e. The molecule has 0 bridgehead atoms. The first-order chi connectivity index (χ1) is 7.76. The van der Waals surface area contributed by atoms with Crippen molar-refractivity contribution in [1.29, 1.82) is 0 Å². The molecule has 1 heterocycles. The number of ether oxygens (including phenoxy) is 1. The molecule has 0 N–H and O–H groups in total. The molecule has 1 aromatic rings. The van der Waals surface area contributed by atoms with E-state index in [1.807, 2.05) is 12.1 Å². The van der Waals surface area contributed by atoms with Gasteiger partial charge in [0.1, 0.15) is 5.15 Å². The summed E-state index contributed by atoms with van der Waals surface area (Å²) in [6.45, 7) is 8.26. The van der Waals surface area contributed by atoms with E-state index in [9.17, 15) is 0 Å². The Labute approximate surface area is 102 Å². The predicted molar refractivity (Wildman–Crippen MR) is 67.1 cm³/mol. The van der Waals surface area contributed by atoms with Crippen LogP contribution in [-0.2, 0) is 0 Å². The van der Waals surface area contributed by atoms with E-state index in [1.165, 1.54) is 0 Å². The number of nitrogens with zero attached hydrogens (tertiary/aromatic N) is 2. The maximum absolute atomic E-state index is 5.75. The van der Waals surface area contributed by atoms with Crippen LogP contribution in [0, 0.1) is 0 Å². The Kier molecular flexibility index (Phi) is 6.19. The van der Waals surface area contributed by atoms with Gasteiger partial charge < -0.3 is 9.64 Å². The molecule has 3 nitrogen and oxygen atoms in total. The van der Waals surface area contributed by atoms with Crippen LogP contribution in [0.5, 0.6) is 5.88 Å². The van der Waals surface area contributed by atoms with Crippen LogP contribution in [0.4, 0.5) is 0 Å². The van der Waals surface area contributed by atoms with Gasteiger partial charge in [0.15, 0.2) is 0 Å². The molecule has 0 aliphatic heterocycles. The smallest absolute Gasteiger partial charge is 0.214 e. The number of hydrogen-bond acceptors (Lipinski definition) is 3. The highest BCUT2D eigenvalue weighted by Crippen LogP contribution is 2.11. The zero-order valence-electron chi connectivity index (χ0n) is 9.95. The lowest BCUT2D eigenvalue weighted by molar-refractivity contribution is 0.244. The predicted octanol–water partition coefficient (Wildman–Crippen LogP) is 2.85. The summed E-state index contributed by atoms with van der Waals surface area (Å²) in [5, 5.41) is 0.473. The van der Waals surface area contributed by atoms with Crippen molar-refractivity contribution in [3.8, 4) is 5.88 Å². The van der Waals surface area contributed by atoms with Crippen molar-refractivity contribution in [2.45, 2.75) is 20.3 Å². The number of aromatic nitrogens is 1. The van der Waals surface area contributed by atoms with Gasteiger partial charge in [0.2, 0.25) is 5.88 Å². The topological polar surface area (TPSA) is 25.4 Å². The van der Waals surface area contributed by atoms with Gasteiger partial charge >= 0.3 is 0 Å². The van der Waals surface area contributed by atoms with E-state index >= 15 is 0 Å². The fourth-order valence-electron chi connectivity index (χ4n) is 1.47. The van der Waals surface area contributed by atoms with Crippen LogP contribution in [0.25, 0.3) is 0 Å². The van der Waals surface area contributed by atoms with Gasteiger partial charge in [-0.05, 0) is 25.6 Å². The Bertz CT molecular complexity index is 303. The normalized spacial score (nSPS) is 10.8. The summed E-state index contributed by atoms with van der Waals surface area (Å²) in [4.78, 5) is 6.43. The molecule has 0 radical (unpaired) electrons. The van der Waals surface area contributed by atoms with E-state index in [4.69, 9.17) is 16.3 Å². The zero-order valence-corrected chi connectivity index (χ0v) is 10.7. The van der Waals surface area contributed by atoms with E-state index in [2.05, 4.69) is 23.7 Å². The van der Waals surface area contributed by atoms with Gasteiger partial charge in [0.05, 0.1) is 6.61 Å². The molecule has 16 heavy (non-hydrogen) atoms. The van der Waals surface area contributed by atoms with Crippen LogP contribution in [0.3, 0.4) is 0 Å². The average Bonchev–Trinajstić information content (AvgIpc) is 2.29. The van der Waals surface area contributed by atoms with Gasteiger partial charge in [-0.15, -0.1) is 0 Å². The van der Waals surface area contributed by atoms with Crippen molar-refractivity contribution in [2.24, 2.45) is 0 Å². The lowest BCUT2D eigenvalue weighted by Gasteiger charge is -2.17. The number of pyridine rings is 1. The molecule has 0 aliphatic carbocycles. The molecular weight excluding hydrogens is 224 g/mol. The monoisotopic (exact) mass is 242 g/mol. The molecule has 0 atom stereocenters. The quantitative estimate of drug-likeness (QED) is 0.543. The first-order valence-electron chi connectivity index (χ1n) is 5.74. The van der Waals surface area contributed by atoms with E-state index in [0.29, 0.717) is 17.6 Å². The summed E-state index contributed by atoms with van der Waals surface area (Å²) >= 11 is 5.75. The third kappa shape index (κ3) is 4.81. The number of rotatable bonds is 7. The number of halogens is 1. The maximum atomic E-state index is 5.75. The molecule has 4 heteroatoms. The first-order valence-corrected chi connectivity index (χ1v) is 6.11. The molecule has 0 amide bonds. The van der Waals surface area contributed by atoms with E-state index in [1.54, 1.807) is 6.07 Å². The average molecular weight is 243 g/mol. The summed E-state index contributed by atoms with van der Waals surface area (Å²) < 4.78 is 5.50. The van der Waals surface area contributed by atoms with Gasteiger partial charge in [-0.2, -0.15) is 0 Å². The summed E-state index contributed by atoms with van der Waals surface area (Å²) in [5.74, 6) is 0.604. The van der Waals surface area contributed by atoms with E-state index < -0.39 is 0 Å². The van der Waals surface area contributed by atoms with Crippen molar-refractivity contribution < 1.29 is 4.74 Å². The Morgan fingerprint density at radius 2 is 2.06 bits per heavy atom. The number of hydrogen-bond donors (Lipinski definition) is 0. The zero-order chi connectivity index (χ0) is 11.8. The highest BCUT2D eigenvalue weighted by Gasteiger charge is 2.00. The second kappa shape index (κ2) is 7.47. The molecule has 0 unspecified atom stereocenters. The van der Waals surface area contributed by atoms with Crippen LogP contribution in [-0.4, -0.2) is 36.1 Å². The standard InChI is InChI=1S/C12H19ClN2O/c1-3-15(4-2)9-6-10-16-12-8-5-7-11(13)14-12/h5,7-8H,3-4,6,9-10H2,1-2H3. The van der Waals surface area contributed by atoms with Gasteiger partial charge in [-0.3, -0.25) is 0 Å². The Hall–Kier alpha value is -0.800. The summed E-state index contributed by atoms with van der Waals surface area (Å²) in [6.07, 6.45) is 1.01. The van der Waals surface area contributed by atoms with Gasteiger partial charge in [-0.1, -0.05) is 31.5 Å². The SMILES string of the molecule is CCN(CC)CCCOc1cccc(Cl)n1. The minimum absolute atomic E-state index is 0.473. The van der Waals surface area contributed by atoms with E-state index in [0.717, 1.165) is 26.1 Å². The van der Waals surface area contributed by atoms with Crippen molar-refractivity contribution in [3.63, 3.8) is 0 Å². The molecule has 1 rings (SSSR count). The lowest BCUT2D eigenvalue weighted by Crippen LogP contribution is -2.25. The fraction of sp³-hybridized carbons (Fsp3) is 0.583. The summed E-state index contributed by atoms with van der Waals surface area (Å²) in [5.41, 5.74) is 0. The van der Waals surface area contributed by atoms with Crippen molar-refractivity contribution in [1.82, 2.24) is 9.88 Å². The minimum atomic E-state index is 0.473. The molecule has 0 aromatic carbocycles. The van der Waals surface area contributed by atoms with Crippen LogP contribution in [0.15, 0.2) is 18.2 Å². The summed E-state index contributed by atoms with van der Waals surface area (Å²) in [7, 11) is 0. The molecule has 90 valence electrons. The van der Waals surface area contributed by atoms with Gasteiger partial charge in [0, 0.05) is 12.6 Å². The molecular formula is C12H19ClN2O. The van der Waals surface area contributed by atoms with Crippen LogP contribution in [0.1, 0.15) is 20.3 Å². The van der Waals surface area contributed by atoms with E-state index in [-0.39, 0.29) is 0 Å². The van der Waals surface area contributed by atoms with Crippen molar-refractivity contribution >= 4 is 11.6 Å². The molecule has 0 saturated heterocycles. The Morgan fingerprint density at radius 3 is 2.69 bits per heavy atom. The van der Waals surface area contributed by atoms with Crippen molar-refractivity contribution in [3.05, 3.63) is 23.4 Å². The van der Waals surface area contributed by atoms with Crippen LogP contribution >= 0.6 is 11.6 Å². The first kappa shape index (κ1) is 13.3. The molecule has 0 spiro atoms. The molecule has 0 fully saturated rings. The minimum Gasteiger partial charge on any atom is -0.478 e. The Balaban J connectivity index is 2.20. The molecule has 0 saturated carbocycles. The highest BCUT2D eigenvalue weighted by atomic mass is 35.5. The third-order valence-electron chi connectivity index (χ3n) is 2.45. The highest BCUT2D eigenvalue weighted by molar-refractivity contribution is 6.29. The van der Waals surface area contributed by atoms with Gasteiger partial charge in [-0.25, -0.2) is 4.98 Å².